The predicted octanol–water partition coefficient (Wildman–Crippen LogP) is 1.57. The molecule has 0 bridgehead atoms. The van der Waals surface area contributed by atoms with E-state index in [2.05, 4.69) is 34.2 Å². The van der Waals surface area contributed by atoms with Gasteiger partial charge in [-0.05, 0) is 52.6 Å². The second-order valence-electron chi connectivity index (χ2n) is 8.39. The third-order valence-electron chi connectivity index (χ3n) is 6.27. The lowest BCUT2D eigenvalue weighted by atomic mass is 9.88. The zero-order chi connectivity index (χ0) is 21.5. The number of allylic oxidation sites excluding steroid dienone is 2. The van der Waals surface area contributed by atoms with Crippen molar-refractivity contribution in [2.75, 3.05) is 40.8 Å². The van der Waals surface area contributed by atoms with Crippen LogP contribution in [0.3, 0.4) is 0 Å². The first-order valence-corrected chi connectivity index (χ1v) is 11.0. The fraction of sp³-hybridized carbons (Fsp3) is 0.682. The predicted molar refractivity (Wildman–Crippen MR) is 115 cm³/mol. The van der Waals surface area contributed by atoms with Crippen LogP contribution in [0, 0.1) is 0 Å². The molecule has 1 aromatic rings. The number of carbonyl (C=O) groups is 2. The highest BCUT2D eigenvalue weighted by atomic mass is 16.5. The third-order valence-corrected chi connectivity index (χ3v) is 6.27. The minimum Gasteiger partial charge on any atom is -0.454 e. The molecule has 30 heavy (non-hydrogen) atoms. The summed E-state index contributed by atoms with van der Waals surface area (Å²) in [5, 5.41) is 2.44. The number of ether oxygens (including phenoxy) is 1. The average molecular weight is 418 g/mol. The number of aryl methyl sites for hydroxylation is 1. The lowest BCUT2D eigenvalue weighted by molar-refractivity contribution is -0.149. The van der Waals surface area contributed by atoms with Gasteiger partial charge in [-0.1, -0.05) is 5.57 Å². The molecule has 0 spiro atoms. The summed E-state index contributed by atoms with van der Waals surface area (Å²) in [5.41, 5.74) is 3.09. The van der Waals surface area contributed by atoms with Crippen molar-refractivity contribution in [1.29, 1.82) is 0 Å². The number of piperidine rings is 1. The van der Waals surface area contributed by atoms with Gasteiger partial charge in [0.2, 0.25) is 0 Å². The smallest absolute Gasteiger partial charge is 0.326 e. The molecule has 1 aliphatic heterocycles. The van der Waals surface area contributed by atoms with Crippen molar-refractivity contribution in [3.05, 3.63) is 29.5 Å². The van der Waals surface area contributed by atoms with Crippen LogP contribution in [0.5, 0.6) is 0 Å². The first-order chi connectivity index (χ1) is 14.5. The van der Waals surface area contributed by atoms with Crippen LogP contribution in [0.15, 0.2) is 23.7 Å². The second-order valence-corrected chi connectivity index (χ2v) is 8.39. The first-order valence-electron chi connectivity index (χ1n) is 11.0. The Bertz CT molecular complexity index is 757. The molecule has 1 saturated heterocycles. The molecule has 2 heterocycles. The number of hydrogen-bond donors (Lipinski definition) is 1. The Kier molecular flexibility index (Phi) is 7.90. The van der Waals surface area contributed by atoms with E-state index in [1.807, 2.05) is 4.57 Å². The number of esters is 1. The minimum atomic E-state index is -0.429. The summed E-state index contributed by atoms with van der Waals surface area (Å²) in [6.45, 7) is 2.05. The molecule has 0 atom stereocenters. The van der Waals surface area contributed by atoms with Gasteiger partial charge in [-0.25, -0.2) is 4.98 Å². The van der Waals surface area contributed by atoms with Crippen LogP contribution in [0.2, 0.25) is 0 Å². The lowest BCUT2D eigenvalue weighted by Crippen LogP contribution is -2.42. The molecule has 2 fully saturated rings. The number of likely N-dealkylation sites (tertiary alicyclic amines) is 1. The van der Waals surface area contributed by atoms with Crippen LogP contribution < -0.4 is 5.32 Å². The molecule has 8 heteroatoms. The minimum absolute atomic E-state index is 0.0759. The van der Waals surface area contributed by atoms with Crippen molar-refractivity contribution >= 4 is 11.9 Å². The summed E-state index contributed by atoms with van der Waals surface area (Å²) < 4.78 is 6.84. The fourth-order valence-electron chi connectivity index (χ4n) is 4.20. The molecule has 166 valence electrons. The Morgan fingerprint density at radius 2 is 2.00 bits per heavy atom. The quantitative estimate of drug-likeness (QED) is 0.615. The monoisotopic (exact) mass is 417 g/mol. The molecule has 0 unspecified atom stereocenters. The fourth-order valence-corrected chi connectivity index (χ4v) is 4.20. The zero-order valence-corrected chi connectivity index (χ0v) is 18.5. The van der Waals surface area contributed by atoms with Gasteiger partial charge in [-0.2, -0.15) is 0 Å². The molecule has 1 saturated carbocycles. The van der Waals surface area contributed by atoms with Gasteiger partial charge in [0.15, 0.2) is 6.61 Å². The van der Waals surface area contributed by atoms with Gasteiger partial charge in [0.25, 0.3) is 5.91 Å². The van der Waals surface area contributed by atoms with Crippen LogP contribution >= 0.6 is 0 Å². The number of likely N-dealkylation sites (N-methyl/N-ethyl adjacent to an activating group) is 1. The van der Waals surface area contributed by atoms with Crippen LogP contribution in [0.1, 0.15) is 44.3 Å². The number of carbonyl (C=O) groups excluding carboxylic acids is 2. The summed E-state index contributed by atoms with van der Waals surface area (Å²) >= 11 is 0. The van der Waals surface area contributed by atoms with Gasteiger partial charge in [-0.15, -0.1) is 0 Å². The van der Waals surface area contributed by atoms with Gasteiger partial charge in [0.1, 0.15) is 12.4 Å². The van der Waals surface area contributed by atoms with Crippen molar-refractivity contribution in [2.24, 2.45) is 0 Å². The van der Waals surface area contributed by atoms with E-state index in [1.54, 1.807) is 18.0 Å². The number of nitrogens with one attached hydrogen (secondary N) is 1. The summed E-state index contributed by atoms with van der Waals surface area (Å²) in [5.74, 6) is 0.137. The van der Waals surface area contributed by atoms with E-state index in [0.29, 0.717) is 6.04 Å². The second kappa shape index (κ2) is 10.6. The van der Waals surface area contributed by atoms with Gasteiger partial charge < -0.3 is 24.4 Å². The topological polar surface area (TPSA) is 79.7 Å². The van der Waals surface area contributed by atoms with Crippen molar-refractivity contribution in [2.45, 2.75) is 57.5 Å². The highest BCUT2D eigenvalue weighted by Crippen LogP contribution is 2.34. The molecule has 8 nitrogen and oxygen atoms in total. The van der Waals surface area contributed by atoms with Crippen LogP contribution in [0.4, 0.5) is 0 Å². The molecule has 1 aromatic heterocycles. The van der Waals surface area contributed by atoms with Gasteiger partial charge in [0, 0.05) is 50.7 Å². The van der Waals surface area contributed by atoms with E-state index < -0.39 is 5.97 Å². The van der Waals surface area contributed by atoms with E-state index in [9.17, 15) is 9.59 Å². The first kappa shape index (κ1) is 22.3. The highest BCUT2D eigenvalue weighted by Gasteiger charge is 2.25. The Morgan fingerprint density at radius 1 is 1.27 bits per heavy atom. The molecule has 3 rings (SSSR count). The Labute approximate surface area is 179 Å². The average Bonchev–Trinajstić information content (AvgIpc) is 3.14. The van der Waals surface area contributed by atoms with Gasteiger partial charge in [0.05, 0.1) is 0 Å². The Hall–Kier alpha value is -2.35. The number of rotatable bonds is 9. The van der Waals surface area contributed by atoms with E-state index in [-0.39, 0.29) is 19.1 Å². The number of hydrogen-bond acceptors (Lipinski definition) is 6. The normalized spacial score (nSPS) is 17.1. The van der Waals surface area contributed by atoms with Crippen LogP contribution in [0.25, 0.3) is 0 Å². The van der Waals surface area contributed by atoms with Crippen molar-refractivity contribution in [3.8, 4) is 0 Å². The SMILES string of the molecule is CNC(=O)COC(=O)Cn1ccnc1CCC(=C1CCC1)N1CCC(N(C)C)CC1. The largest absolute Gasteiger partial charge is 0.454 e. The number of imidazole rings is 1. The zero-order valence-electron chi connectivity index (χ0n) is 18.5. The van der Waals surface area contributed by atoms with E-state index >= 15 is 0 Å². The summed E-state index contributed by atoms with van der Waals surface area (Å²) in [6, 6.07) is 0.675. The Balaban J connectivity index is 1.57. The van der Waals surface area contributed by atoms with Crippen molar-refractivity contribution in [1.82, 2.24) is 24.7 Å². The molecule has 0 radical (unpaired) electrons. The molecule has 1 aliphatic carbocycles. The van der Waals surface area contributed by atoms with E-state index in [4.69, 9.17) is 4.74 Å². The van der Waals surface area contributed by atoms with Gasteiger partial charge >= 0.3 is 5.97 Å². The van der Waals surface area contributed by atoms with E-state index in [0.717, 1.165) is 31.8 Å². The molecular weight excluding hydrogens is 382 g/mol. The number of aromatic nitrogens is 2. The maximum Gasteiger partial charge on any atom is 0.326 e. The summed E-state index contributed by atoms with van der Waals surface area (Å²) in [6.07, 6.45) is 11.4. The number of amides is 1. The highest BCUT2D eigenvalue weighted by molar-refractivity contribution is 5.80. The number of nitrogens with zero attached hydrogens (tertiary/aromatic N) is 4. The lowest BCUT2D eigenvalue weighted by Gasteiger charge is -2.40. The standard InChI is InChI=1S/C22H35N5O3/c1-23-21(28)16-30-22(29)15-27-14-11-24-20(27)8-7-19(17-5-4-6-17)26-12-9-18(10-13-26)25(2)3/h11,14,18H,4-10,12-13,15-16H2,1-3H3,(H,23,28). The van der Waals surface area contributed by atoms with Crippen LogP contribution in [-0.2, 0) is 27.3 Å². The molecule has 1 N–H and O–H groups in total. The van der Waals surface area contributed by atoms with Gasteiger partial charge in [-0.3, -0.25) is 9.59 Å². The molecule has 2 aliphatic rings. The maximum atomic E-state index is 12.0. The summed E-state index contributed by atoms with van der Waals surface area (Å²) in [7, 11) is 5.86. The van der Waals surface area contributed by atoms with Crippen molar-refractivity contribution in [3.63, 3.8) is 0 Å². The summed E-state index contributed by atoms with van der Waals surface area (Å²) in [4.78, 5) is 32.7. The molecule has 0 aromatic carbocycles. The Morgan fingerprint density at radius 3 is 2.60 bits per heavy atom. The molecular formula is C22H35N5O3. The maximum absolute atomic E-state index is 12.0. The third kappa shape index (κ3) is 5.84. The van der Waals surface area contributed by atoms with Crippen molar-refractivity contribution < 1.29 is 14.3 Å². The molecule has 1 amide bonds. The van der Waals surface area contributed by atoms with Crippen LogP contribution in [-0.4, -0.2) is 78.1 Å². The van der Waals surface area contributed by atoms with E-state index in [1.165, 1.54) is 44.8 Å².